The van der Waals surface area contributed by atoms with Gasteiger partial charge < -0.3 is 10.2 Å². The first kappa shape index (κ1) is 19.7. The molecule has 1 aromatic rings. The van der Waals surface area contributed by atoms with E-state index >= 15 is 0 Å². The number of piperazine rings is 1. The van der Waals surface area contributed by atoms with E-state index in [1.807, 2.05) is 6.92 Å². The zero-order chi connectivity index (χ0) is 19.4. The van der Waals surface area contributed by atoms with Gasteiger partial charge in [0.15, 0.2) is 0 Å². The molecule has 27 heavy (non-hydrogen) atoms. The summed E-state index contributed by atoms with van der Waals surface area (Å²) in [5.41, 5.74) is 3.31. The van der Waals surface area contributed by atoms with Crippen LogP contribution in [0.25, 0.3) is 0 Å². The van der Waals surface area contributed by atoms with E-state index in [0.29, 0.717) is 0 Å². The van der Waals surface area contributed by atoms with Gasteiger partial charge in [0.05, 0.1) is 12.1 Å². The van der Waals surface area contributed by atoms with Gasteiger partial charge in [0, 0.05) is 31.9 Å². The van der Waals surface area contributed by atoms with Gasteiger partial charge in [-0.05, 0) is 50.8 Å². The number of hydrogen-bond donors (Lipinski definition) is 1. The number of anilines is 1. The molecule has 5 nitrogen and oxygen atoms in total. The van der Waals surface area contributed by atoms with Crippen LogP contribution in [-0.2, 0) is 4.79 Å². The zero-order valence-electron chi connectivity index (χ0n) is 16.9. The Morgan fingerprint density at radius 2 is 1.81 bits per heavy atom. The minimum Gasteiger partial charge on any atom is -0.369 e. The summed E-state index contributed by atoms with van der Waals surface area (Å²) in [7, 11) is 0. The lowest BCUT2D eigenvalue weighted by atomic mass is 9.82. The van der Waals surface area contributed by atoms with E-state index in [0.717, 1.165) is 58.3 Å². The van der Waals surface area contributed by atoms with Crippen LogP contribution in [-0.4, -0.2) is 48.6 Å². The quantitative estimate of drug-likeness (QED) is 0.887. The van der Waals surface area contributed by atoms with Crippen LogP contribution in [0.15, 0.2) is 18.2 Å². The molecular formula is C22H32N4O. The maximum atomic E-state index is 12.8. The number of amides is 1. The molecule has 3 rings (SSSR count). The Kier molecular flexibility index (Phi) is 6.06. The van der Waals surface area contributed by atoms with Gasteiger partial charge in [0.2, 0.25) is 5.91 Å². The summed E-state index contributed by atoms with van der Waals surface area (Å²) in [4.78, 5) is 17.5. The number of hydrogen-bond acceptors (Lipinski definition) is 4. The molecule has 2 fully saturated rings. The third-order valence-electron chi connectivity index (χ3n) is 6.44. The minimum atomic E-state index is -0.649. The van der Waals surface area contributed by atoms with Crippen molar-refractivity contribution in [1.29, 1.82) is 5.26 Å². The van der Waals surface area contributed by atoms with E-state index < -0.39 is 5.54 Å². The molecule has 146 valence electrons. The molecule has 1 saturated heterocycles. The van der Waals surface area contributed by atoms with Crippen LogP contribution in [0.1, 0.15) is 50.2 Å². The second kappa shape index (κ2) is 8.31. The van der Waals surface area contributed by atoms with Crippen LogP contribution >= 0.6 is 0 Å². The highest BCUT2D eigenvalue weighted by atomic mass is 16.2. The number of nitriles is 1. The molecule has 0 radical (unpaired) electrons. The number of benzene rings is 1. The van der Waals surface area contributed by atoms with Gasteiger partial charge in [-0.25, -0.2) is 0 Å². The van der Waals surface area contributed by atoms with Gasteiger partial charge in [0.25, 0.3) is 0 Å². The van der Waals surface area contributed by atoms with E-state index in [2.05, 4.69) is 53.2 Å². The molecule has 5 heteroatoms. The van der Waals surface area contributed by atoms with E-state index in [9.17, 15) is 10.1 Å². The number of aryl methyl sites for hydroxylation is 1. The Bertz CT molecular complexity index is 710. The Morgan fingerprint density at radius 1 is 1.15 bits per heavy atom. The Balaban J connectivity index is 1.58. The van der Waals surface area contributed by atoms with Crippen LogP contribution in [0, 0.1) is 25.2 Å². The lowest BCUT2D eigenvalue weighted by molar-refractivity contribution is -0.127. The second-order valence-electron chi connectivity index (χ2n) is 8.16. The molecular weight excluding hydrogens is 336 g/mol. The highest BCUT2D eigenvalue weighted by molar-refractivity contribution is 5.82. The smallest absolute Gasteiger partial charge is 0.238 e. The maximum Gasteiger partial charge on any atom is 0.238 e. The van der Waals surface area contributed by atoms with Gasteiger partial charge in [-0.1, -0.05) is 31.4 Å². The van der Waals surface area contributed by atoms with Crippen molar-refractivity contribution in [2.75, 3.05) is 31.1 Å². The topological polar surface area (TPSA) is 59.4 Å². The highest BCUT2D eigenvalue weighted by Gasteiger charge is 2.36. The third-order valence-corrected chi connectivity index (χ3v) is 6.44. The highest BCUT2D eigenvalue weighted by Crippen LogP contribution is 2.28. The van der Waals surface area contributed by atoms with Crippen molar-refractivity contribution in [3.63, 3.8) is 0 Å². The molecule has 1 saturated carbocycles. The molecule has 0 spiro atoms. The lowest BCUT2D eigenvalue weighted by Gasteiger charge is -2.40. The summed E-state index contributed by atoms with van der Waals surface area (Å²) in [5, 5.41) is 12.7. The van der Waals surface area contributed by atoms with Crippen molar-refractivity contribution in [1.82, 2.24) is 10.2 Å². The lowest BCUT2D eigenvalue weighted by Crippen LogP contribution is -2.58. The molecule has 2 aliphatic rings. The summed E-state index contributed by atoms with van der Waals surface area (Å²) in [6, 6.07) is 8.65. The molecule has 1 aliphatic carbocycles. The van der Waals surface area contributed by atoms with E-state index in [1.165, 1.54) is 16.8 Å². The van der Waals surface area contributed by atoms with Crippen LogP contribution in [0.3, 0.4) is 0 Å². The summed E-state index contributed by atoms with van der Waals surface area (Å²) in [6.07, 6.45) is 4.77. The average Bonchev–Trinajstić information content (AvgIpc) is 2.70. The molecule has 1 N–H and O–H groups in total. The van der Waals surface area contributed by atoms with Gasteiger partial charge >= 0.3 is 0 Å². The van der Waals surface area contributed by atoms with Gasteiger partial charge in [-0.3, -0.25) is 9.69 Å². The van der Waals surface area contributed by atoms with E-state index in [4.69, 9.17) is 0 Å². The van der Waals surface area contributed by atoms with Crippen LogP contribution in [0.5, 0.6) is 0 Å². The third kappa shape index (κ3) is 4.27. The first-order chi connectivity index (χ1) is 13.0. The second-order valence-corrected chi connectivity index (χ2v) is 8.16. The number of nitrogens with zero attached hydrogens (tertiary/aromatic N) is 3. The maximum absolute atomic E-state index is 12.8. The molecule has 1 unspecified atom stereocenters. The predicted octanol–water partition coefficient (Wildman–Crippen LogP) is 3.16. The molecule has 1 atom stereocenters. The summed E-state index contributed by atoms with van der Waals surface area (Å²) < 4.78 is 0. The summed E-state index contributed by atoms with van der Waals surface area (Å²) in [5.74, 6) is -0.00126. The molecule has 0 aromatic heterocycles. The van der Waals surface area contributed by atoms with Crippen LogP contribution in [0.2, 0.25) is 0 Å². The van der Waals surface area contributed by atoms with E-state index in [-0.39, 0.29) is 11.9 Å². The monoisotopic (exact) mass is 368 g/mol. The normalized spacial score (nSPS) is 21.3. The van der Waals surface area contributed by atoms with Crippen molar-refractivity contribution < 1.29 is 4.79 Å². The summed E-state index contributed by atoms with van der Waals surface area (Å²) >= 11 is 0. The predicted molar refractivity (Wildman–Crippen MR) is 109 cm³/mol. The van der Waals surface area contributed by atoms with Crippen molar-refractivity contribution in [2.45, 2.75) is 64.5 Å². The van der Waals surface area contributed by atoms with E-state index in [1.54, 1.807) is 0 Å². The zero-order valence-corrected chi connectivity index (χ0v) is 16.9. The average molecular weight is 369 g/mol. The van der Waals surface area contributed by atoms with Crippen molar-refractivity contribution in [2.24, 2.45) is 0 Å². The Morgan fingerprint density at radius 3 is 2.44 bits per heavy atom. The minimum absolute atomic E-state index is 0.00126. The van der Waals surface area contributed by atoms with Crippen LogP contribution in [0.4, 0.5) is 5.69 Å². The molecule has 1 heterocycles. The largest absolute Gasteiger partial charge is 0.369 e. The number of carbonyl (C=O) groups excluding carboxylic acids is 1. The first-order valence-corrected chi connectivity index (χ1v) is 10.2. The number of rotatable bonds is 4. The first-order valence-electron chi connectivity index (χ1n) is 10.2. The molecule has 0 bridgehead atoms. The number of nitrogens with one attached hydrogen (secondary N) is 1. The van der Waals surface area contributed by atoms with Gasteiger partial charge in [0.1, 0.15) is 5.54 Å². The van der Waals surface area contributed by atoms with Crippen molar-refractivity contribution >= 4 is 11.6 Å². The molecule has 1 amide bonds. The Labute approximate surface area is 163 Å². The fourth-order valence-corrected chi connectivity index (χ4v) is 4.35. The van der Waals surface area contributed by atoms with Crippen molar-refractivity contribution in [3.05, 3.63) is 29.3 Å². The van der Waals surface area contributed by atoms with Crippen LogP contribution < -0.4 is 10.2 Å². The number of carbonyl (C=O) groups is 1. The molecule has 1 aliphatic heterocycles. The van der Waals surface area contributed by atoms with Gasteiger partial charge in [-0.2, -0.15) is 5.26 Å². The fourth-order valence-electron chi connectivity index (χ4n) is 4.35. The van der Waals surface area contributed by atoms with Crippen molar-refractivity contribution in [3.8, 4) is 6.07 Å². The fraction of sp³-hybridized carbons (Fsp3) is 0.636. The Hall–Kier alpha value is -2.06. The van der Waals surface area contributed by atoms with Gasteiger partial charge in [-0.15, -0.1) is 0 Å². The SMILES string of the molecule is Cc1cccc(N2CCN(C(C)C(=O)NC3(C#N)CCCCC3)CC2)c1C. The summed E-state index contributed by atoms with van der Waals surface area (Å²) in [6.45, 7) is 9.87. The molecule has 1 aromatic carbocycles. The standard InChI is InChI=1S/C22H32N4O/c1-17-8-7-9-20(18(17)2)26-14-12-25(13-15-26)19(3)21(27)24-22(16-23)10-5-4-6-11-22/h7-9,19H,4-6,10-15H2,1-3H3,(H,24,27).